The van der Waals surface area contributed by atoms with Crippen molar-refractivity contribution >= 4 is 29.2 Å². The van der Waals surface area contributed by atoms with Gasteiger partial charge in [0.25, 0.3) is 0 Å². The molecule has 0 aliphatic carbocycles. The van der Waals surface area contributed by atoms with Crippen LogP contribution in [0.15, 0.2) is 29.3 Å². The first-order valence-electron chi connectivity index (χ1n) is 8.38. The van der Waals surface area contributed by atoms with Crippen LogP contribution in [-0.2, 0) is 4.79 Å². The van der Waals surface area contributed by atoms with E-state index in [0.29, 0.717) is 19.1 Å². The molecule has 3 N–H and O–H groups in total. The standard InChI is InChI=1S/C17H26ClN5O/c1-3-19-17(21-9-8-20-13(2)24)22-15-7-10-23(12-15)16-6-4-5-14(18)11-16/h4-6,11,15H,3,7-10,12H2,1-2H3,(H,20,24)(H2,19,21,22). The van der Waals surface area contributed by atoms with Crippen LogP contribution in [-0.4, -0.2) is 50.6 Å². The number of amides is 1. The van der Waals surface area contributed by atoms with E-state index in [-0.39, 0.29) is 5.91 Å². The minimum absolute atomic E-state index is 0.0314. The zero-order valence-corrected chi connectivity index (χ0v) is 15.1. The zero-order chi connectivity index (χ0) is 17.4. The van der Waals surface area contributed by atoms with Crippen LogP contribution in [0.5, 0.6) is 0 Å². The molecule has 1 atom stereocenters. The van der Waals surface area contributed by atoms with Crippen molar-refractivity contribution in [3.63, 3.8) is 0 Å². The average molecular weight is 352 g/mol. The number of rotatable bonds is 6. The predicted octanol–water partition coefficient (Wildman–Crippen LogP) is 1.61. The van der Waals surface area contributed by atoms with Gasteiger partial charge in [0.05, 0.1) is 6.54 Å². The normalized spacial score (nSPS) is 17.7. The highest BCUT2D eigenvalue weighted by molar-refractivity contribution is 6.30. The van der Waals surface area contributed by atoms with Gasteiger partial charge in [0, 0.05) is 49.9 Å². The first kappa shape index (κ1) is 18.4. The van der Waals surface area contributed by atoms with E-state index < -0.39 is 0 Å². The molecule has 1 fully saturated rings. The van der Waals surface area contributed by atoms with Crippen LogP contribution in [0.4, 0.5) is 5.69 Å². The third-order valence-electron chi connectivity index (χ3n) is 3.80. The van der Waals surface area contributed by atoms with Gasteiger partial charge in [-0.05, 0) is 31.5 Å². The quantitative estimate of drug-likeness (QED) is 0.414. The Hall–Kier alpha value is -1.95. The Morgan fingerprint density at radius 3 is 2.96 bits per heavy atom. The lowest BCUT2D eigenvalue weighted by Gasteiger charge is -2.20. The minimum atomic E-state index is -0.0314. The number of nitrogens with one attached hydrogen (secondary N) is 3. The first-order chi connectivity index (χ1) is 11.6. The number of benzene rings is 1. The number of guanidine groups is 1. The van der Waals surface area contributed by atoms with E-state index in [0.717, 1.165) is 42.7 Å². The molecule has 0 bridgehead atoms. The fraction of sp³-hybridized carbons (Fsp3) is 0.529. The fourth-order valence-electron chi connectivity index (χ4n) is 2.70. The molecule has 1 amide bonds. The lowest BCUT2D eigenvalue weighted by atomic mass is 10.3. The Kier molecular flexibility index (Phi) is 7.18. The summed E-state index contributed by atoms with van der Waals surface area (Å²) in [4.78, 5) is 17.7. The van der Waals surface area contributed by atoms with Crippen LogP contribution >= 0.6 is 11.6 Å². The lowest BCUT2D eigenvalue weighted by Crippen LogP contribution is -2.45. The van der Waals surface area contributed by atoms with Crippen LogP contribution in [0.25, 0.3) is 0 Å². The molecule has 0 saturated carbocycles. The van der Waals surface area contributed by atoms with E-state index >= 15 is 0 Å². The third-order valence-corrected chi connectivity index (χ3v) is 4.04. The van der Waals surface area contributed by atoms with Gasteiger partial charge in [-0.2, -0.15) is 0 Å². The summed E-state index contributed by atoms with van der Waals surface area (Å²) in [7, 11) is 0. The zero-order valence-electron chi connectivity index (χ0n) is 14.3. The van der Waals surface area contributed by atoms with E-state index in [2.05, 4.69) is 31.9 Å². The van der Waals surface area contributed by atoms with Crippen molar-refractivity contribution in [2.75, 3.05) is 37.6 Å². The Balaban J connectivity index is 1.86. The predicted molar refractivity (Wildman–Crippen MR) is 99.9 cm³/mol. The Morgan fingerprint density at radius 2 is 2.25 bits per heavy atom. The van der Waals surface area contributed by atoms with Gasteiger partial charge in [-0.1, -0.05) is 17.7 Å². The molecule has 1 heterocycles. The van der Waals surface area contributed by atoms with Crippen molar-refractivity contribution in [1.82, 2.24) is 16.0 Å². The van der Waals surface area contributed by atoms with E-state index in [4.69, 9.17) is 11.6 Å². The van der Waals surface area contributed by atoms with Crippen molar-refractivity contribution in [1.29, 1.82) is 0 Å². The van der Waals surface area contributed by atoms with Gasteiger partial charge in [-0.3, -0.25) is 9.79 Å². The number of carbonyl (C=O) groups is 1. The summed E-state index contributed by atoms with van der Waals surface area (Å²) in [6.07, 6.45) is 1.04. The van der Waals surface area contributed by atoms with Crippen LogP contribution in [0.3, 0.4) is 0 Å². The maximum Gasteiger partial charge on any atom is 0.216 e. The van der Waals surface area contributed by atoms with Gasteiger partial charge in [0.1, 0.15) is 0 Å². The summed E-state index contributed by atoms with van der Waals surface area (Å²) >= 11 is 6.08. The maximum absolute atomic E-state index is 10.9. The van der Waals surface area contributed by atoms with Gasteiger partial charge in [-0.25, -0.2) is 0 Å². The summed E-state index contributed by atoms with van der Waals surface area (Å²) in [5.41, 5.74) is 1.15. The molecular formula is C17H26ClN5O. The lowest BCUT2D eigenvalue weighted by molar-refractivity contribution is -0.118. The summed E-state index contributed by atoms with van der Waals surface area (Å²) < 4.78 is 0. The monoisotopic (exact) mass is 351 g/mol. The van der Waals surface area contributed by atoms with E-state index in [1.54, 1.807) is 0 Å². The second-order valence-corrected chi connectivity index (χ2v) is 6.24. The largest absolute Gasteiger partial charge is 0.369 e. The van der Waals surface area contributed by atoms with Gasteiger partial charge in [0.15, 0.2) is 5.96 Å². The summed E-state index contributed by atoms with van der Waals surface area (Å²) in [5.74, 6) is 0.761. The molecule has 6 nitrogen and oxygen atoms in total. The van der Waals surface area contributed by atoms with Crippen molar-refractivity contribution in [3.8, 4) is 0 Å². The highest BCUT2D eigenvalue weighted by atomic mass is 35.5. The number of hydrogen-bond acceptors (Lipinski definition) is 3. The molecule has 24 heavy (non-hydrogen) atoms. The Morgan fingerprint density at radius 1 is 1.42 bits per heavy atom. The van der Waals surface area contributed by atoms with Crippen LogP contribution < -0.4 is 20.9 Å². The second-order valence-electron chi connectivity index (χ2n) is 5.80. The molecule has 1 unspecified atom stereocenters. The SMILES string of the molecule is CCNC(=NCCNC(C)=O)NC1CCN(c2cccc(Cl)c2)C1. The fourth-order valence-corrected chi connectivity index (χ4v) is 2.88. The highest BCUT2D eigenvalue weighted by Gasteiger charge is 2.23. The highest BCUT2D eigenvalue weighted by Crippen LogP contribution is 2.23. The van der Waals surface area contributed by atoms with Gasteiger partial charge < -0.3 is 20.9 Å². The topological polar surface area (TPSA) is 68.8 Å². The molecule has 2 rings (SSSR count). The number of hydrogen-bond donors (Lipinski definition) is 3. The summed E-state index contributed by atoms with van der Waals surface area (Å²) in [6, 6.07) is 8.29. The van der Waals surface area contributed by atoms with Crippen LogP contribution in [0.1, 0.15) is 20.3 Å². The molecule has 132 valence electrons. The molecule has 0 radical (unpaired) electrons. The van der Waals surface area contributed by atoms with Gasteiger partial charge in [0.2, 0.25) is 5.91 Å². The van der Waals surface area contributed by atoms with Crippen LogP contribution in [0.2, 0.25) is 5.02 Å². The molecule has 1 aromatic carbocycles. The minimum Gasteiger partial charge on any atom is -0.369 e. The molecule has 0 spiro atoms. The van der Waals surface area contributed by atoms with E-state index in [1.807, 2.05) is 25.1 Å². The summed E-state index contributed by atoms with van der Waals surface area (Å²) in [6.45, 7) is 7.36. The van der Waals surface area contributed by atoms with Gasteiger partial charge >= 0.3 is 0 Å². The average Bonchev–Trinajstić information content (AvgIpc) is 3.00. The first-order valence-corrected chi connectivity index (χ1v) is 8.76. The smallest absolute Gasteiger partial charge is 0.216 e. The number of aliphatic imine (C=N–C) groups is 1. The molecule has 1 aromatic rings. The molecule has 0 aromatic heterocycles. The summed E-state index contributed by atoms with van der Waals surface area (Å²) in [5, 5.41) is 10.2. The van der Waals surface area contributed by atoms with Crippen molar-refractivity contribution in [3.05, 3.63) is 29.3 Å². The molecule has 7 heteroatoms. The van der Waals surface area contributed by atoms with Crippen molar-refractivity contribution < 1.29 is 4.79 Å². The Bertz CT molecular complexity index is 578. The maximum atomic E-state index is 10.9. The molecule has 1 aliphatic heterocycles. The van der Waals surface area contributed by atoms with Crippen molar-refractivity contribution in [2.24, 2.45) is 4.99 Å². The molecule has 1 aliphatic rings. The number of nitrogens with zero attached hydrogens (tertiary/aromatic N) is 2. The van der Waals surface area contributed by atoms with E-state index in [9.17, 15) is 4.79 Å². The number of anilines is 1. The molecular weight excluding hydrogens is 326 g/mol. The molecule has 1 saturated heterocycles. The van der Waals surface area contributed by atoms with Crippen LogP contribution in [0, 0.1) is 0 Å². The number of carbonyl (C=O) groups excluding carboxylic acids is 1. The third kappa shape index (κ3) is 5.92. The van der Waals surface area contributed by atoms with E-state index in [1.165, 1.54) is 6.92 Å². The van der Waals surface area contributed by atoms with Crippen molar-refractivity contribution in [2.45, 2.75) is 26.3 Å². The second kappa shape index (κ2) is 9.37. The van der Waals surface area contributed by atoms with Gasteiger partial charge in [-0.15, -0.1) is 0 Å². The Labute approximate surface area is 148 Å². The number of halogens is 1.